The molecule has 0 spiro atoms. The van der Waals surface area contributed by atoms with Gasteiger partial charge in [0.05, 0.1) is 12.1 Å². The van der Waals surface area contributed by atoms with Crippen LogP contribution >= 0.6 is 12.4 Å². The van der Waals surface area contributed by atoms with Crippen LogP contribution in [0.4, 0.5) is 0 Å². The molecule has 1 aromatic carbocycles. The average Bonchev–Trinajstić information content (AvgIpc) is 2.35. The molecule has 0 amide bonds. The van der Waals surface area contributed by atoms with E-state index in [9.17, 15) is 5.11 Å². The first-order valence-electron chi connectivity index (χ1n) is 6.97. The van der Waals surface area contributed by atoms with Crippen LogP contribution in [0.25, 0.3) is 0 Å². The van der Waals surface area contributed by atoms with Gasteiger partial charge in [-0.05, 0) is 44.4 Å². The van der Waals surface area contributed by atoms with Crippen LogP contribution in [-0.2, 0) is 0 Å². The van der Waals surface area contributed by atoms with Crippen molar-refractivity contribution in [3.8, 4) is 5.75 Å². The second-order valence-corrected chi connectivity index (χ2v) is 6.19. The van der Waals surface area contributed by atoms with Crippen molar-refractivity contribution in [1.29, 1.82) is 0 Å². The highest BCUT2D eigenvalue weighted by Gasteiger charge is 2.22. The van der Waals surface area contributed by atoms with Gasteiger partial charge in [0, 0.05) is 0 Å². The van der Waals surface area contributed by atoms with Crippen LogP contribution in [0.5, 0.6) is 5.75 Å². The highest BCUT2D eigenvalue weighted by molar-refractivity contribution is 5.85. The second-order valence-electron chi connectivity index (χ2n) is 6.19. The number of aliphatic hydroxyl groups is 1. The maximum absolute atomic E-state index is 10.1. The Morgan fingerprint density at radius 3 is 2.10 bits per heavy atom. The summed E-state index contributed by atoms with van der Waals surface area (Å²) in [6, 6.07) is 7.32. The van der Waals surface area contributed by atoms with E-state index < -0.39 is 6.10 Å². The Kier molecular flexibility index (Phi) is 7.56. The number of hydrogen-bond acceptors (Lipinski definition) is 3. The molecule has 3 N–H and O–H groups in total. The van der Waals surface area contributed by atoms with Gasteiger partial charge in [0.15, 0.2) is 0 Å². The second kappa shape index (κ2) is 7.87. The van der Waals surface area contributed by atoms with Crippen molar-refractivity contribution in [2.24, 2.45) is 11.7 Å². The van der Waals surface area contributed by atoms with E-state index in [2.05, 4.69) is 6.92 Å². The predicted octanol–water partition coefficient (Wildman–Crippen LogP) is 3.69. The molecule has 0 aromatic heterocycles. The van der Waals surface area contributed by atoms with Crippen LogP contribution in [0.2, 0.25) is 0 Å². The van der Waals surface area contributed by atoms with Crippen LogP contribution in [0.15, 0.2) is 24.3 Å². The van der Waals surface area contributed by atoms with E-state index in [1.807, 2.05) is 52.0 Å². The molecule has 1 unspecified atom stereocenters. The monoisotopic (exact) mass is 301 g/mol. The van der Waals surface area contributed by atoms with E-state index in [-0.39, 0.29) is 30.0 Å². The van der Waals surface area contributed by atoms with Crippen molar-refractivity contribution in [3.05, 3.63) is 29.8 Å². The zero-order chi connectivity index (χ0) is 14.6. The molecule has 0 saturated heterocycles. The van der Waals surface area contributed by atoms with Gasteiger partial charge < -0.3 is 15.6 Å². The van der Waals surface area contributed by atoms with Gasteiger partial charge in [-0.3, -0.25) is 0 Å². The van der Waals surface area contributed by atoms with E-state index in [1.54, 1.807) is 0 Å². The molecule has 0 aliphatic heterocycles. The first-order valence-corrected chi connectivity index (χ1v) is 6.97. The quantitative estimate of drug-likeness (QED) is 0.872. The van der Waals surface area contributed by atoms with Gasteiger partial charge in [-0.25, -0.2) is 0 Å². The fraction of sp³-hybridized carbons (Fsp3) is 0.625. The number of hydrogen-bond donors (Lipinski definition) is 2. The van der Waals surface area contributed by atoms with E-state index >= 15 is 0 Å². The van der Waals surface area contributed by atoms with Crippen molar-refractivity contribution >= 4 is 12.4 Å². The summed E-state index contributed by atoms with van der Waals surface area (Å²) in [5.41, 5.74) is 6.83. The van der Waals surface area contributed by atoms with Gasteiger partial charge in [0.2, 0.25) is 0 Å². The SMILES string of the molecule is CCC(C)[C@H](O)[C@H](N)c1ccc(OC(C)(C)C)cc1.Cl. The van der Waals surface area contributed by atoms with Gasteiger partial charge in [-0.15, -0.1) is 12.4 Å². The number of benzene rings is 1. The fourth-order valence-electron chi connectivity index (χ4n) is 1.90. The normalized spacial score (nSPS) is 15.9. The molecule has 1 aromatic rings. The highest BCUT2D eigenvalue weighted by Crippen LogP contribution is 2.25. The molecular formula is C16H28ClNO2. The average molecular weight is 302 g/mol. The summed E-state index contributed by atoms with van der Waals surface area (Å²) >= 11 is 0. The third-order valence-corrected chi connectivity index (χ3v) is 3.28. The van der Waals surface area contributed by atoms with Crippen molar-refractivity contribution < 1.29 is 9.84 Å². The Hall–Kier alpha value is -0.770. The zero-order valence-electron chi connectivity index (χ0n) is 13.1. The predicted molar refractivity (Wildman–Crippen MR) is 86.5 cm³/mol. The maximum atomic E-state index is 10.1. The minimum Gasteiger partial charge on any atom is -0.488 e. The number of aliphatic hydroxyl groups excluding tert-OH is 1. The first kappa shape index (κ1) is 19.2. The Morgan fingerprint density at radius 1 is 1.20 bits per heavy atom. The van der Waals surface area contributed by atoms with Crippen molar-refractivity contribution in [2.75, 3.05) is 0 Å². The smallest absolute Gasteiger partial charge is 0.120 e. The van der Waals surface area contributed by atoms with Crippen LogP contribution < -0.4 is 10.5 Å². The summed E-state index contributed by atoms with van der Waals surface area (Å²) in [5.74, 6) is 1.02. The molecule has 116 valence electrons. The van der Waals surface area contributed by atoms with E-state index in [0.717, 1.165) is 17.7 Å². The van der Waals surface area contributed by atoms with Gasteiger partial charge in [0.1, 0.15) is 11.4 Å². The molecule has 20 heavy (non-hydrogen) atoms. The number of rotatable bonds is 5. The van der Waals surface area contributed by atoms with Gasteiger partial charge in [-0.2, -0.15) is 0 Å². The molecule has 0 aliphatic rings. The number of ether oxygens (including phenoxy) is 1. The van der Waals surface area contributed by atoms with Gasteiger partial charge in [0.25, 0.3) is 0 Å². The minimum absolute atomic E-state index is 0. The molecule has 0 aliphatic carbocycles. The Balaban J connectivity index is 0.00000361. The molecule has 0 heterocycles. The van der Waals surface area contributed by atoms with Crippen molar-refractivity contribution in [1.82, 2.24) is 0 Å². The lowest BCUT2D eigenvalue weighted by atomic mass is 9.91. The minimum atomic E-state index is -0.514. The fourth-order valence-corrected chi connectivity index (χ4v) is 1.90. The van der Waals surface area contributed by atoms with E-state index in [1.165, 1.54) is 0 Å². The Labute approximate surface area is 128 Å². The lowest BCUT2D eigenvalue weighted by molar-refractivity contribution is 0.0878. The molecule has 0 bridgehead atoms. The molecule has 4 heteroatoms. The summed E-state index contributed by atoms with van der Waals surface area (Å²) in [4.78, 5) is 0. The first-order chi connectivity index (χ1) is 8.74. The summed E-state index contributed by atoms with van der Waals surface area (Å²) in [7, 11) is 0. The lowest BCUT2D eigenvalue weighted by Gasteiger charge is -2.25. The molecule has 0 saturated carbocycles. The topological polar surface area (TPSA) is 55.5 Å². The maximum Gasteiger partial charge on any atom is 0.120 e. The van der Waals surface area contributed by atoms with Crippen molar-refractivity contribution in [3.63, 3.8) is 0 Å². The van der Waals surface area contributed by atoms with Crippen molar-refractivity contribution in [2.45, 2.75) is 58.8 Å². The van der Waals surface area contributed by atoms with Crippen LogP contribution in [0.3, 0.4) is 0 Å². The standard InChI is InChI=1S/C16H27NO2.ClH/c1-6-11(2)15(18)14(17)12-7-9-13(10-8-12)19-16(3,4)5;/h7-11,14-15,18H,6,17H2,1-5H3;1H/t11?,14-,15+;/m1./s1. The van der Waals surface area contributed by atoms with Gasteiger partial charge in [-0.1, -0.05) is 32.4 Å². The largest absolute Gasteiger partial charge is 0.488 e. The molecule has 3 atom stereocenters. The summed E-state index contributed by atoms with van der Waals surface area (Å²) in [6.07, 6.45) is 0.402. The molecule has 1 rings (SSSR count). The molecule has 0 fully saturated rings. The lowest BCUT2D eigenvalue weighted by Crippen LogP contribution is -2.31. The van der Waals surface area contributed by atoms with Crippen LogP contribution in [0.1, 0.15) is 52.6 Å². The third kappa shape index (κ3) is 5.70. The number of nitrogens with two attached hydrogens (primary N) is 1. The van der Waals surface area contributed by atoms with Crippen LogP contribution in [0, 0.1) is 5.92 Å². The Morgan fingerprint density at radius 2 is 1.70 bits per heavy atom. The van der Waals surface area contributed by atoms with E-state index in [4.69, 9.17) is 10.5 Å². The summed E-state index contributed by atoms with van der Waals surface area (Å²) < 4.78 is 5.76. The van der Waals surface area contributed by atoms with E-state index in [0.29, 0.717) is 0 Å². The van der Waals surface area contributed by atoms with Gasteiger partial charge >= 0.3 is 0 Å². The molecule has 0 radical (unpaired) electrons. The number of halogens is 1. The molecule has 3 nitrogen and oxygen atoms in total. The summed E-state index contributed by atoms with van der Waals surface area (Å²) in [5, 5.41) is 10.1. The highest BCUT2D eigenvalue weighted by atomic mass is 35.5. The zero-order valence-corrected chi connectivity index (χ0v) is 13.9. The molecular weight excluding hydrogens is 274 g/mol. The van der Waals surface area contributed by atoms with Crippen LogP contribution in [-0.4, -0.2) is 16.8 Å². The third-order valence-electron chi connectivity index (χ3n) is 3.28. The Bertz CT molecular complexity index is 386. The summed E-state index contributed by atoms with van der Waals surface area (Å²) in [6.45, 7) is 10.1.